The zero-order valence-electron chi connectivity index (χ0n) is 31.5. The number of aromatic nitrogens is 4. The number of methoxy groups -OCH3 is 2. The average molecular weight is 737 g/mol. The highest BCUT2D eigenvalue weighted by molar-refractivity contribution is 5.87. The van der Waals surface area contributed by atoms with Gasteiger partial charge in [-0.05, 0) is 41.4 Å². The summed E-state index contributed by atoms with van der Waals surface area (Å²) in [7, 11) is 2.56. The predicted molar refractivity (Wildman–Crippen MR) is 203 cm³/mol. The molecule has 4 amide bonds. The van der Waals surface area contributed by atoms with E-state index in [-0.39, 0.29) is 35.7 Å². The van der Waals surface area contributed by atoms with E-state index in [1.807, 2.05) is 70.3 Å². The summed E-state index contributed by atoms with van der Waals surface area (Å²) in [5.41, 5.74) is 5.59. The molecule has 2 aromatic heterocycles. The number of rotatable bonds is 11. The number of carbonyl (C=O) groups is 4. The van der Waals surface area contributed by atoms with Crippen molar-refractivity contribution in [3.63, 3.8) is 0 Å². The number of likely N-dealkylation sites (tertiary alicyclic amines) is 1. The molecule has 284 valence electrons. The molecular formula is C40H48N8O6. The summed E-state index contributed by atoms with van der Waals surface area (Å²) < 4.78 is 9.48. The minimum absolute atomic E-state index is 0.106. The maximum absolute atomic E-state index is 13.5. The Bertz CT molecular complexity index is 1980. The van der Waals surface area contributed by atoms with Crippen LogP contribution in [0.5, 0.6) is 0 Å². The summed E-state index contributed by atoms with van der Waals surface area (Å²) in [6.07, 6.45) is 7.84. The molecule has 4 heterocycles. The molecule has 0 bridgehead atoms. The Hall–Kier alpha value is -5.92. The van der Waals surface area contributed by atoms with Crippen LogP contribution in [0.15, 0.2) is 73.1 Å². The molecule has 0 spiro atoms. The number of benzene rings is 2. The number of carbonyl (C=O) groups excluding carboxylic acids is 4. The number of H-pyrrole nitrogens is 2. The molecule has 2 aliphatic heterocycles. The lowest BCUT2D eigenvalue weighted by atomic mass is 10.0. The minimum Gasteiger partial charge on any atom is -0.453 e. The second-order valence-electron chi connectivity index (χ2n) is 14.3. The van der Waals surface area contributed by atoms with Gasteiger partial charge in [-0.2, -0.15) is 0 Å². The van der Waals surface area contributed by atoms with E-state index in [0.717, 1.165) is 52.3 Å². The van der Waals surface area contributed by atoms with Gasteiger partial charge in [-0.1, -0.05) is 88.4 Å². The van der Waals surface area contributed by atoms with Gasteiger partial charge in [-0.25, -0.2) is 19.6 Å². The first kappa shape index (κ1) is 37.8. The first-order valence-corrected chi connectivity index (χ1v) is 18.3. The van der Waals surface area contributed by atoms with E-state index in [9.17, 15) is 19.2 Å². The van der Waals surface area contributed by atoms with Gasteiger partial charge in [-0.15, -0.1) is 0 Å². The third kappa shape index (κ3) is 8.02. The maximum atomic E-state index is 13.5. The van der Waals surface area contributed by atoms with E-state index >= 15 is 0 Å². The second-order valence-corrected chi connectivity index (χ2v) is 14.3. The fourth-order valence-corrected chi connectivity index (χ4v) is 7.02. The summed E-state index contributed by atoms with van der Waals surface area (Å²) in [5, 5.41) is 5.35. The van der Waals surface area contributed by atoms with Crippen LogP contribution in [0.25, 0.3) is 33.6 Å². The normalized spacial score (nSPS) is 17.9. The molecule has 0 unspecified atom stereocenters. The molecule has 4 N–H and O–H groups in total. The number of alkyl carbamates (subject to hydrolysis) is 2. The largest absolute Gasteiger partial charge is 0.453 e. The van der Waals surface area contributed by atoms with Crippen LogP contribution >= 0.6 is 0 Å². The van der Waals surface area contributed by atoms with Gasteiger partial charge < -0.3 is 39.9 Å². The first-order chi connectivity index (χ1) is 26.0. The number of imidazole rings is 2. The first-order valence-electron chi connectivity index (χ1n) is 18.3. The van der Waals surface area contributed by atoms with E-state index in [4.69, 9.17) is 14.5 Å². The Kier molecular flexibility index (Phi) is 11.5. The highest BCUT2D eigenvalue weighted by Gasteiger charge is 2.38. The number of aromatic amines is 2. The number of hydrogen-bond acceptors (Lipinski definition) is 8. The summed E-state index contributed by atoms with van der Waals surface area (Å²) in [6.45, 7) is 8.56. The van der Waals surface area contributed by atoms with Gasteiger partial charge in [0.2, 0.25) is 11.8 Å². The topological polar surface area (TPSA) is 175 Å². The van der Waals surface area contributed by atoms with Crippen LogP contribution in [0.1, 0.15) is 64.3 Å². The van der Waals surface area contributed by atoms with E-state index in [0.29, 0.717) is 18.9 Å². The Morgan fingerprint density at radius 1 is 0.778 bits per heavy atom. The van der Waals surface area contributed by atoms with Crippen LogP contribution in [0.2, 0.25) is 0 Å². The molecule has 14 nitrogen and oxygen atoms in total. The van der Waals surface area contributed by atoms with Crippen LogP contribution in [-0.4, -0.2) is 93.1 Å². The molecule has 4 aromatic rings. The van der Waals surface area contributed by atoms with Crippen molar-refractivity contribution < 1.29 is 28.7 Å². The Labute approximate surface area is 314 Å². The van der Waals surface area contributed by atoms with Crippen molar-refractivity contribution in [3.05, 3.63) is 84.7 Å². The molecule has 6 rings (SSSR count). The van der Waals surface area contributed by atoms with E-state index in [2.05, 4.69) is 49.9 Å². The van der Waals surface area contributed by atoms with Gasteiger partial charge in [0.25, 0.3) is 0 Å². The van der Waals surface area contributed by atoms with Crippen molar-refractivity contribution in [2.24, 2.45) is 11.8 Å². The number of ether oxygens (including phenoxy) is 2. The lowest BCUT2D eigenvalue weighted by Crippen LogP contribution is -2.51. The predicted octanol–water partition coefficient (Wildman–Crippen LogP) is 6.00. The molecular weight excluding hydrogens is 688 g/mol. The summed E-state index contributed by atoms with van der Waals surface area (Å²) in [5.74, 6) is 0.769. The summed E-state index contributed by atoms with van der Waals surface area (Å²) in [4.78, 5) is 70.5. The standard InChI is InChI=1S/C40H48N8O6/c1-23(2)33(45-39(51)53-5)37(49)47-19-7-9-31(47)35-41-21-29(43-35)27-15-11-25(12-16-27)26-13-17-28(18-14-26)30-22-42-36(44-30)32-10-8-20-48(32)38(50)34(24(3)4)46-40(52)54-6/h7,9,11-18,21-24,31-34H,8,10,19-20H2,1-6H3,(H,41,43)(H,42,44)(H,45,51)(H,46,52)/t31-,32-,33-,34-/m0/s1. The van der Waals surface area contributed by atoms with Crippen molar-refractivity contribution in [1.29, 1.82) is 0 Å². The zero-order valence-corrected chi connectivity index (χ0v) is 31.5. The maximum Gasteiger partial charge on any atom is 0.407 e. The molecule has 2 aromatic carbocycles. The van der Waals surface area contributed by atoms with Gasteiger partial charge in [0.1, 0.15) is 29.8 Å². The molecule has 0 saturated carbocycles. The van der Waals surface area contributed by atoms with Crippen molar-refractivity contribution >= 4 is 24.0 Å². The smallest absolute Gasteiger partial charge is 0.407 e. The minimum atomic E-state index is -0.727. The second kappa shape index (κ2) is 16.4. The molecule has 4 atom stereocenters. The van der Waals surface area contributed by atoms with Gasteiger partial charge in [0, 0.05) is 24.8 Å². The quantitative estimate of drug-likeness (QED) is 0.136. The zero-order chi connectivity index (χ0) is 38.5. The summed E-state index contributed by atoms with van der Waals surface area (Å²) in [6, 6.07) is 14.3. The third-order valence-electron chi connectivity index (χ3n) is 10.1. The Morgan fingerprint density at radius 2 is 1.33 bits per heavy atom. The molecule has 1 fully saturated rings. The van der Waals surface area contributed by atoms with Crippen molar-refractivity contribution in [1.82, 2.24) is 40.4 Å². The van der Waals surface area contributed by atoms with Crippen molar-refractivity contribution in [3.8, 4) is 33.6 Å². The van der Waals surface area contributed by atoms with Crippen LogP contribution in [-0.2, 0) is 19.1 Å². The van der Waals surface area contributed by atoms with E-state index in [1.54, 1.807) is 16.0 Å². The number of nitrogens with zero attached hydrogens (tertiary/aromatic N) is 4. The molecule has 54 heavy (non-hydrogen) atoms. The van der Waals surface area contributed by atoms with Gasteiger partial charge >= 0.3 is 12.2 Å². The molecule has 14 heteroatoms. The lowest BCUT2D eigenvalue weighted by Gasteiger charge is -2.29. The third-order valence-corrected chi connectivity index (χ3v) is 10.1. The van der Waals surface area contributed by atoms with E-state index in [1.165, 1.54) is 14.2 Å². The van der Waals surface area contributed by atoms with E-state index < -0.39 is 24.3 Å². The number of hydrogen-bond donors (Lipinski definition) is 4. The molecule has 0 aliphatic carbocycles. The van der Waals surface area contributed by atoms with Crippen LogP contribution < -0.4 is 10.6 Å². The molecule has 0 radical (unpaired) electrons. The van der Waals surface area contributed by atoms with Crippen LogP contribution in [0.4, 0.5) is 9.59 Å². The summed E-state index contributed by atoms with van der Waals surface area (Å²) >= 11 is 0. The number of amides is 4. The average Bonchev–Trinajstić information content (AvgIpc) is 4.02. The van der Waals surface area contributed by atoms with Gasteiger partial charge in [0.05, 0.1) is 37.8 Å². The fraction of sp³-hybridized carbons (Fsp3) is 0.400. The molecule has 1 saturated heterocycles. The number of nitrogens with one attached hydrogen (secondary N) is 4. The van der Waals surface area contributed by atoms with Gasteiger partial charge in [-0.3, -0.25) is 9.59 Å². The molecule has 2 aliphatic rings. The fourth-order valence-electron chi connectivity index (χ4n) is 7.02. The van der Waals surface area contributed by atoms with Gasteiger partial charge in [0.15, 0.2) is 0 Å². The van der Waals surface area contributed by atoms with Crippen LogP contribution in [0.3, 0.4) is 0 Å². The monoisotopic (exact) mass is 736 g/mol. The highest BCUT2D eigenvalue weighted by atomic mass is 16.5. The Balaban J connectivity index is 1.11. The highest BCUT2D eigenvalue weighted by Crippen LogP contribution is 2.34. The SMILES string of the molecule is COC(=O)N[C@H](C(=O)N1CC=C[C@H]1c1ncc(-c2ccc(-c3ccc(-c4c[nH]c([C@@H]5CCCN5C(=O)[C@@H](NC(=O)OC)C(C)C)n4)cc3)cc2)[nH]1)C(C)C. The van der Waals surface area contributed by atoms with Crippen molar-refractivity contribution in [2.75, 3.05) is 27.3 Å². The Morgan fingerprint density at radius 3 is 1.91 bits per heavy atom. The lowest BCUT2D eigenvalue weighted by molar-refractivity contribution is -0.136. The van der Waals surface area contributed by atoms with Crippen molar-refractivity contribution in [2.45, 2.75) is 64.7 Å². The van der Waals surface area contributed by atoms with Crippen LogP contribution in [0, 0.1) is 11.8 Å².